The smallest absolute Gasteiger partial charge is 0.157 e. The highest BCUT2D eigenvalue weighted by Gasteiger charge is 2.16. The maximum atomic E-state index is 6.89. The number of nitrogens with two attached hydrogens (primary N) is 1. The topological polar surface area (TPSA) is 63.9 Å². The second-order valence-electron chi connectivity index (χ2n) is 12.8. The van der Waals surface area contributed by atoms with Crippen molar-refractivity contribution in [2.45, 2.75) is 6.54 Å². The van der Waals surface area contributed by atoms with Gasteiger partial charge in [0, 0.05) is 21.9 Å². The molecule has 1 heterocycles. The normalized spacial score (nSPS) is 12.3. The fraction of sp³-hybridized carbons (Fsp3) is 0.0213. The second kappa shape index (κ2) is 12.9. The molecule has 8 aromatic carbocycles. The van der Waals surface area contributed by atoms with Crippen molar-refractivity contribution in [3.05, 3.63) is 193 Å². The first kappa shape index (κ1) is 30.3. The van der Waals surface area contributed by atoms with Crippen LogP contribution in [0.15, 0.2) is 190 Å². The molecule has 0 spiro atoms. The molecule has 0 fully saturated rings. The molecule has 0 saturated heterocycles. The second-order valence-corrected chi connectivity index (χ2v) is 12.8. The lowest BCUT2D eigenvalue weighted by molar-refractivity contribution is 0.669. The Kier molecular flexibility index (Phi) is 7.67. The van der Waals surface area contributed by atoms with Crippen LogP contribution in [0.3, 0.4) is 0 Å². The number of hydrogen-bond acceptors (Lipinski definition) is 2. The molecule has 1 aromatic heterocycles. The van der Waals surface area contributed by atoms with E-state index in [2.05, 4.69) is 115 Å². The van der Waals surface area contributed by atoms with E-state index in [1.165, 1.54) is 32.7 Å². The summed E-state index contributed by atoms with van der Waals surface area (Å²) in [6.45, 7) is 0.472. The third-order valence-electron chi connectivity index (χ3n) is 9.58. The van der Waals surface area contributed by atoms with E-state index in [0.717, 1.165) is 49.8 Å². The van der Waals surface area contributed by atoms with Gasteiger partial charge >= 0.3 is 0 Å². The lowest BCUT2D eigenvalue weighted by atomic mass is 9.96. The summed E-state index contributed by atoms with van der Waals surface area (Å²) in [6, 6.07) is 60.8. The third-order valence-corrected chi connectivity index (χ3v) is 9.58. The summed E-state index contributed by atoms with van der Waals surface area (Å²) in [5, 5.41) is 6.89. The largest absolute Gasteiger partial charge is 0.456 e. The Morgan fingerprint density at radius 1 is 0.490 bits per heavy atom. The van der Waals surface area contributed by atoms with Crippen molar-refractivity contribution in [1.82, 2.24) is 0 Å². The van der Waals surface area contributed by atoms with E-state index in [4.69, 9.17) is 20.1 Å². The van der Waals surface area contributed by atoms with Crippen LogP contribution in [-0.4, -0.2) is 11.7 Å². The van der Waals surface area contributed by atoms with Crippen LogP contribution in [0, 0.1) is 0 Å². The zero-order chi connectivity index (χ0) is 34.1. The van der Waals surface area contributed by atoms with Crippen LogP contribution in [0.5, 0.6) is 0 Å². The fourth-order valence-electron chi connectivity index (χ4n) is 6.96. The van der Waals surface area contributed by atoms with Gasteiger partial charge in [0.15, 0.2) is 5.84 Å². The van der Waals surface area contributed by atoms with Crippen LogP contribution in [0.1, 0.15) is 16.7 Å². The highest BCUT2D eigenvalue weighted by Crippen LogP contribution is 2.36. The number of aliphatic imine (C=N–C) groups is 2. The van der Waals surface area contributed by atoms with E-state index in [9.17, 15) is 0 Å². The number of nitrogens with zero attached hydrogens (tertiary/aromatic N) is 2. The summed E-state index contributed by atoms with van der Waals surface area (Å²) >= 11 is 0. The first-order valence-corrected chi connectivity index (χ1v) is 17.1. The highest BCUT2D eigenvalue weighted by atomic mass is 16.3. The number of hydrogen-bond donors (Lipinski definition) is 1. The lowest BCUT2D eigenvalue weighted by Gasteiger charge is -2.08. The van der Waals surface area contributed by atoms with Crippen LogP contribution >= 0.6 is 0 Å². The Morgan fingerprint density at radius 2 is 1.16 bits per heavy atom. The van der Waals surface area contributed by atoms with Gasteiger partial charge in [-0.2, -0.15) is 0 Å². The van der Waals surface area contributed by atoms with Gasteiger partial charge in [-0.15, -0.1) is 0 Å². The molecule has 4 nitrogen and oxygen atoms in total. The molecule has 0 aliphatic heterocycles. The summed E-state index contributed by atoms with van der Waals surface area (Å²) in [6.07, 6.45) is 0. The van der Waals surface area contributed by atoms with E-state index in [0.29, 0.717) is 18.2 Å². The van der Waals surface area contributed by atoms with Crippen LogP contribution < -0.4 is 5.73 Å². The Hall–Kier alpha value is -6.78. The molecule has 242 valence electrons. The van der Waals surface area contributed by atoms with Gasteiger partial charge in [0.25, 0.3) is 0 Å². The molecule has 0 bridgehead atoms. The van der Waals surface area contributed by atoms with Gasteiger partial charge < -0.3 is 10.2 Å². The molecule has 0 saturated carbocycles. The Balaban J connectivity index is 1.09. The van der Waals surface area contributed by atoms with Crippen LogP contribution in [-0.2, 0) is 6.54 Å². The van der Waals surface area contributed by atoms with Crippen molar-refractivity contribution in [3.8, 4) is 22.3 Å². The molecule has 9 rings (SSSR count). The average Bonchev–Trinajstić information content (AvgIpc) is 3.58. The Bertz CT molecular complexity index is 2760. The number of rotatable bonds is 6. The fourth-order valence-corrected chi connectivity index (χ4v) is 6.96. The molecular weight excluding hydrogens is 623 g/mol. The number of amidine groups is 2. The van der Waals surface area contributed by atoms with Crippen molar-refractivity contribution in [2.75, 3.05) is 0 Å². The molecule has 4 heteroatoms. The average molecular weight is 656 g/mol. The molecule has 0 atom stereocenters. The van der Waals surface area contributed by atoms with Crippen molar-refractivity contribution in [3.63, 3.8) is 0 Å². The highest BCUT2D eigenvalue weighted by molar-refractivity contribution is 6.21. The monoisotopic (exact) mass is 655 g/mol. The van der Waals surface area contributed by atoms with Gasteiger partial charge in [0.05, 0.1) is 6.54 Å². The van der Waals surface area contributed by atoms with Gasteiger partial charge in [-0.25, -0.2) is 4.99 Å². The first-order chi connectivity index (χ1) is 25.2. The number of benzene rings is 8. The quantitative estimate of drug-likeness (QED) is 0.110. The molecule has 0 aliphatic carbocycles. The van der Waals surface area contributed by atoms with E-state index < -0.39 is 0 Å². The van der Waals surface area contributed by atoms with E-state index in [1.54, 1.807) is 0 Å². The lowest BCUT2D eigenvalue weighted by Crippen LogP contribution is -2.17. The summed E-state index contributed by atoms with van der Waals surface area (Å²) in [5.41, 5.74) is 15.9. The SMILES string of the molecule is NC(=NC(=NCc1ccc(-c2ccccc2)cc1)c1ccccc1)c1cccc2oc3ccc(-c4ccc5c(ccc6ccccc65)c4)cc3c12. The Labute approximate surface area is 295 Å². The first-order valence-electron chi connectivity index (χ1n) is 17.1. The van der Waals surface area contributed by atoms with Gasteiger partial charge in [0.1, 0.15) is 17.0 Å². The minimum absolute atomic E-state index is 0.383. The molecule has 0 radical (unpaired) electrons. The van der Waals surface area contributed by atoms with Crippen LogP contribution in [0.2, 0.25) is 0 Å². The summed E-state index contributed by atoms with van der Waals surface area (Å²) in [4.78, 5) is 9.96. The number of fused-ring (bicyclic) bond motifs is 6. The molecule has 0 amide bonds. The molecule has 0 unspecified atom stereocenters. The van der Waals surface area contributed by atoms with E-state index in [-0.39, 0.29) is 0 Å². The molecule has 0 aliphatic rings. The van der Waals surface area contributed by atoms with Gasteiger partial charge in [-0.05, 0) is 73.6 Å². The van der Waals surface area contributed by atoms with E-state index in [1.807, 2.05) is 60.7 Å². The van der Waals surface area contributed by atoms with Crippen LogP contribution in [0.25, 0.3) is 65.7 Å². The van der Waals surface area contributed by atoms with E-state index >= 15 is 0 Å². The minimum Gasteiger partial charge on any atom is -0.456 e. The van der Waals surface area contributed by atoms with Crippen molar-refractivity contribution < 1.29 is 4.42 Å². The minimum atomic E-state index is 0.383. The standard InChI is InChI=1S/C47H33N3O/c48-46(50-47(35-13-5-2-6-14-35)49-30-31-18-20-33(21-19-31)32-10-3-1-4-11-32)41-16-9-17-44-45(41)42-29-37(25-27-43(42)51-44)36-24-26-40-38(28-36)23-22-34-12-7-8-15-39(34)40/h1-29H,30H2,(H2,48,49,50). The maximum Gasteiger partial charge on any atom is 0.157 e. The molecule has 2 N–H and O–H groups in total. The maximum absolute atomic E-state index is 6.89. The van der Waals surface area contributed by atoms with Gasteiger partial charge in [-0.1, -0.05) is 152 Å². The molecule has 9 aromatic rings. The summed E-state index contributed by atoms with van der Waals surface area (Å²) in [7, 11) is 0. The van der Waals surface area contributed by atoms with Crippen molar-refractivity contribution in [2.24, 2.45) is 15.7 Å². The summed E-state index contributed by atoms with van der Waals surface area (Å²) < 4.78 is 6.35. The van der Waals surface area contributed by atoms with Crippen LogP contribution in [0.4, 0.5) is 0 Å². The predicted octanol–water partition coefficient (Wildman–Crippen LogP) is 11.6. The van der Waals surface area contributed by atoms with Gasteiger partial charge in [-0.3, -0.25) is 4.99 Å². The summed E-state index contributed by atoms with van der Waals surface area (Å²) in [5.74, 6) is 0.961. The number of furan rings is 1. The van der Waals surface area contributed by atoms with Crippen molar-refractivity contribution in [1.29, 1.82) is 0 Å². The zero-order valence-electron chi connectivity index (χ0n) is 27.8. The third kappa shape index (κ3) is 5.83. The Morgan fingerprint density at radius 3 is 2.00 bits per heavy atom. The molecular formula is C47H33N3O. The molecule has 51 heavy (non-hydrogen) atoms. The van der Waals surface area contributed by atoms with Gasteiger partial charge in [0.2, 0.25) is 0 Å². The van der Waals surface area contributed by atoms with Crippen molar-refractivity contribution >= 4 is 55.2 Å². The zero-order valence-corrected chi connectivity index (χ0v) is 27.8. The predicted molar refractivity (Wildman–Crippen MR) is 213 cm³/mol.